The third-order valence-corrected chi connectivity index (χ3v) is 3.76. The maximum atomic E-state index is 2.41. The van der Waals surface area contributed by atoms with Gasteiger partial charge in [-0.05, 0) is 35.1 Å². The van der Waals surface area contributed by atoms with Crippen molar-refractivity contribution >= 4 is 11.8 Å². The molecule has 1 aliphatic rings. The second-order valence-corrected chi connectivity index (χ2v) is 5.11. The van der Waals surface area contributed by atoms with Gasteiger partial charge in [-0.3, -0.25) is 0 Å². The molecule has 0 nitrogen and oxygen atoms in total. The molecular weight excluding hydrogens is 200 g/mol. The van der Waals surface area contributed by atoms with E-state index in [-0.39, 0.29) is 0 Å². The van der Waals surface area contributed by atoms with Crippen LogP contribution in [0.2, 0.25) is 0 Å². The molecule has 0 saturated carbocycles. The summed E-state index contributed by atoms with van der Waals surface area (Å²) in [6.45, 7) is 10.8. The van der Waals surface area contributed by atoms with Gasteiger partial charge in [0.1, 0.15) is 0 Å². The van der Waals surface area contributed by atoms with E-state index < -0.39 is 0 Å². The van der Waals surface area contributed by atoms with Crippen molar-refractivity contribution < 1.29 is 0 Å². The Morgan fingerprint density at radius 1 is 1.07 bits per heavy atom. The minimum atomic E-state index is 0.663. The van der Waals surface area contributed by atoms with Gasteiger partial charge >= 0.3 is 0 Å². The number of thioether (sulfide) groups is 1. The molecule has 0 spiro atoms. The van der Waals surface area contributed by atoms with E-state index in [1.54, 1.807) is 11.1 Å². The molecule has 0 unspecified atom stereocenters. The molecule has 0 N–H and O–H groups in total. The van der Waals surface area contributed by atoms with Crippen LogP contribution in [0.5, 0.6) is 0 Å². The molecule has 84 valence electrons. The van der Waals surface area contributed by atoms with Gasteiger partial charge in [0.05, 0.1) is 0 Å². The normalized spacial score (nSPS) is 13.5. The second-order valence-electron chi connectivity index (χ2n) is 4.13. The quantitative estimate of drug-likeness (QED) is 0.652. The Labute approximate surface area is 98.5 Å². The van der Waals surface area contributed by atoms with Gasteiger partial charge in [-0.2, -0.15) is 11.8 Å². The van der Waals surface area contributed by atoms with E-state index in [9.17, 15) is 0 Å². The third kappa shape index (κ3) is 2.78. The van der Waals surface area contributed by atoms with Crippen molar-refractivity contribution in [3.63, 3.8) is 0 Å². The summed E-state index contributed by atoms with van der Waals surface area (Å²) in [6.07, 6.45) is 0. The molecule has 0 aromatic heterocycles. The molecule has 2 rings (SSSR count). The van der Waals surface area contributed by atoms with Gasteiger partial charge in [-0.1, -0.05) is 39.8 Å². The summed E-state index contributed by atoms with van der Waals surface area (Å²) >= 11 is 2.03. The van der Waals surface area contributed by atoms with E-state index in [1.807, 2.05) is 25.6 Å². The van der Waals surface area contributed by atoms with Crippen LogP contribution in [0.3, 0.4) is 0 Å². The fourth-order valence-corrected chi connectivity index (χ4v) is 3.07. The fourth-order valence-electron chi connectivity index (χ4n) is 1.99. The molecule has 0 fully saturated rings. The molecule has 0 aliphatic carbocycles. The summed E-state index contributed by atoms with van der Waals surface area (Å²) in [5.74, 6) is 3.10. The summed E-state index contributed by atoms with van der Waals surface area (Å²) in [5.41, 5.74) is 6.13. The maximum Gasteiger partial charge on any atom is 0.0191 e. The van der Waals surface area contributed by atoms with Crippen LogP contribution < -0.4 is 0 Å². The minimum absolute atomic E-state index is 0.663. The average Bonchev–Trinajstić information content (AvgIpc) is 2.66. The zero-order valence-electron chi connectivity index (χ0n) is 10.6. The molecule has 0 amide bonds. The van der Waals surface area contributed by atoms with Gasteiger partial charge in [-0.25, -0.2) is 0 Å². The van der Waals surface area contributed by atoms with Crippen LogP contribution in [0.1, 0.15) is 55.9 Å². The van der Waals surface area contributed by atoms with Crippen molar-refractivity contribution in [1.82, 2.24) is 0 Å². The molecule has 0 atom stereocenters. The van der Waals surface area contributed by atoms with E-state index in [0.717, 1.165) is 0 Å². The van der Waals surface area contributed by atoms with E-state index in [0.29, 0.717) is 5.92 Å². The molecule has 0 saturated heterocycles. The van der Waals surface area contributed by atoms with Crippen LogP contribution in [-0.2, 0) is 11.5 Å². The van der Waals surface area contributed by atoms with Crippen LogP contribution in [0.15, 0.2) is 12.1 Å². The summed E-state index contributed by atoms with van der Waals surface area (Å²) in [6, 6.07) is 4.79. The molecule has 0 bridgehead atoms. The first kappa shape index (κ1) is 12.6. The van der Waals surface area contributed by atoms with Crippen molar-refractivity contribution in [2.24, 2.45) is 0 Å². The lowest BCUT2D eigenvalue weighted by Gasteiger charge is -2.11. The van der Waals surface area contributed by atoms with Gasteiger partial charge in [0.2, 0.25) is 0 Å². The first-order chi connectivity index (χ1) is 7.18. The predicted molar refractivity (Wildman–Crippen MR) is 71.6 cm³/mol. The smallest absolute Gasteiger partial charge is 0.0191 e. The van der Waals surface area contributed by atoms with Crippen molar-refractivity contribution in [3.8, 4) is 0 Å². The van der Waals surface area contributed by atoms with E-state index >= 15 is 0 Å². The summed E-state index contributed by atoms with van der Waals surface area (Å²) in [4.78, 5) is 0. The monoisotopic (exact) mass is 222 g/mol. The first-order valence-corrected chi connectivity index (χ1v) is 7.04. The van der Waals surface area contributed by atoms with Crippen LogP contribution >= 0.6 is 11.8 Å². The fraction of sp³-hybridized carbons (Fsp3) is 0.571. The van der Waals surface area contributed by atoms with Crippen LogP contribution in [0, 0.1) is 6.92 Å². The molecule has 0 radical (unpaired) electrons. The minimum Gasteiger partial charge on any atom is -0.152 e. The number of fused-ring (bicyclic) bond motifs is 1. The zero-order chi connectivity index (χ0) is 11.4. The Hall–Kier alpha value is -0.430. The summed E-state index contributed by atoms with van der Waals surface area (Å²) < 4.78 is 0. The van der Waals surface area contributed by atoms with E-state index in [1.165, 1.54) is 22.6 Å². The number of aryl methyl sites for hydroxylation is 1. The van der Waals surface area contributed by atoms with Gasteiger partial charge in [0.15, 0.2) is 0 Å². The van der Waals surface area contributed by atoms with Gasteiger partial charge in [-0.15, -0.1) is 0 Å². The highest BCUT2D eigenvalue weighted by molar-refractivity contribution is 7.98. The number of rotatable bonds is 1. The van der Waals surface area contributed by atoms with Crippen LogP contribution in [-0.4, -0.2) is 0 Å². The highest BCUT2D eigenvalue weighted by atomic mass is 32.2. The molecular formula is C14H22S. The van der Waals surface area contributed by atoms with Crippen molar-refractivity contribution in [2.75, 3.05) is 0 Å². The second kappa shape index (κ2) is 5.60. The van der Waals surface area contributed by atoms with E-state index in [2.05, 4.69) is 32.9 Å². The average molecular weight is 222 g/mol. The third-order valence-electron chi connectivity index (χ3n) is 2.73. The van der Waals surface area contributed by atoms with Crippen molar-refractivity contribution in [3.05, 3.63) is 34.4 Å². The van der Waals surface area contributed by atoms with Crippen molar-refractivity contribution in [1.29, 1.82) is 0 Å². The van der Waals surface area contributed by atoms with E-state index in [4.69, 9.17) is 0 Å². The van der Waals surface area contributed by atoms with Crippen LogP contribution in [0.4, 0.5) is 0 Å². The lowest BCUT2D eigenvalue weighted by Crippen LogP contribution is -1.95. The Morgan fingerprint density at radius 3 is 2.13 bits per heavy atom. The molecule has 1 aromatic rings. The lowest BCUT2D eigenvalue weighted by atomic mass is 9.94. The summed E-state index contributed by atoms with van der Waals surface area (Å²) in [7, 11) is 0. The zero-order valence-corrected chi connectivity index (χ0v) is 11.4. The maximum absolute atomic E-state index is 2.41. The largest absolute Gasteiger partial charge is 0.152 e. The Morgan fingerprint density at radius 2 is 1.60 bits per heavy atom. The highest BCUT2D eigenvalue weighted by Gasteiger charge is 2.14. The van der Waals surface area contributed by atoms with Gasteiger partial charge < -0.3 is 0 Å². The number of benzene rings is 1. The Balaban J connectivity index is 0.000000531. The molecule has 1 heterocycles. The molecule has 1 heteroatoms. The topological polar surface area (TPSA) is 0 Å². The van der Waals surface area contributed by atoms with Gasteiger partial charge in [0, 0.05) is 11.5 Å². The van der Waals surface area contributed by atoms with Crippen molar-refractivity contribution in [2.45, 2.75) is 52.0 Å². The standard InChI is InChI=1S/C12H16S.C2H6/c1-8(2)12-5-11-7-13-6-10(11)4-9(12)3;1-2/h4-5,8H,6-7H2,1-3H3;1-2H3. The Bertz CT molecular complexity index is 326. The predicted octanol–water partition coefficient (Wildman–Crippen LogP) is 4.89. The number of hydrogen-bond donors (Lipinski definition) is 0. The summed E-state index contributed by atoms with van der Waals surface area (Å²) in [5, 5.41) is 0. The molecule has 15 heavy (non-hydrogen) atoms. The number of hydrogen-bond acceptors (Lipinski definition) is 1. The highest BCUT2D eigenvalue weighted by Crippen LogP contribution is 2.33. The van der Waals surface area contributed by atoms with Crippen LogP contribution in [0.25, 0.3) is 0 Å². The molecule has 1 aromatic carbocycles. The lowest BCUT2D eigenvalue weighted by molar-refractivity contribution is 0.853. The SMILES string of the molecule is CC.Cc1cc2c(cc1C(C)C)CSC2. The Kier molecular flexibility index (Phi) is 4.72. The van der Waals surface area contributed by atoms with Gasteiger partial charge in [0.25, 0.3) is 0 Å². The molecule has 1 aliphatic heterocycles. The first-order valence-electron chi connectivity index (χ1n) is 5.88.